The van der Waals surface area contributed by atoms with Gasteiger partial charge in [-0.2, -0.15) is 0 Å². The summed E-state index contributed by atoms with van der Waals surface area (Å²) in [5, 5.41) is 18.7. The summed E-state index contributed by atoms with van der Waals surface area (Å²) in [5.41, 5.74) is 3.81. The minimum absolute atomic E-state index is 0.116. The van der Waals surface area contributed by atoms with Crippen LogP contribution < -0.4 is 15.6 Å². The molecule has 0 saturated carbocycles. The SMILES string of the molecule is O=C(O)C=CC(=O)NNC(=O)COc1ccc([N+](=O)[O-])cc1. The van der Waals surface area contributed by atoms with Gasteiger partial charge in [0.25, 0.3) is 17.5 Å². The number of rotatable bonds is 6. The van der Waals surface area contributed by atoms with Crippen molar-refractivity contribution in [1.82, 2.24) is 10.9 Å². The zero-order valence-corrected chi connectivity index (χ0v) is 11.0. The van der Waals surface area contributed by atoms with Gasteiger partial charge < -0.3 is 9.84 Å². The van der Waals surface area contributed by atoms with E-state index in [2.05, 4.69) is 0 Å². The molecule has 10 nitrogen and oxygen atoms in total. The van der Waals surface area contributed by atoms with Gasteiger partial charge in [-0.1, -0.05) is 0 Å². The molecule has 0 atom stereocenters. The summed E-state index contributed by atoms with van der Waals surface area (Å²) in [6, 6.07) is 5.07. The van der Waals surface area contributed by atoms with E-state index in [9.17, 15) is 24.5 Å². The van der Waals surface area contributed by atoms with Crippen LogP contribution in [0.2, 0.25) is 0 Å². The number of hydrogen-bond acceptors (Lipinski definition) is 6. The van der Waals surface area contributed by atoms with Crippen LogP contribution in [-0.4, -0.2) is 34.4 Å². The number of carbonyl (C=O) groups excluding carboxylic acids is 2. The Labute approximate surface area is 123 Å². The van der Waals surface area contributed by atoms with Gasteiger partial charge in [0.2, 0.25) is 0 Å². The molecule has 0 radical (unpaired) electrons. The first-order valence-electron chi connectivity index (χ1n) is 5.75. The van der Waals surface area contributed by atoms with E-state index in [0.717, 1.165) is 6.08 Å². The van der Waals surface area contributed by atoms with Crippen LogP contribution in [0.4, 0.5) is 5.69 Å². The van der Waals surface area contributed by atoms with E-state index in [0.29, 0.717) is 6.08 Å². The van der Waals surface area contributed by atoms with Crippen molar-refractivity contribution in [3.8, 4) is 5.75 Å². The van der Waals surface area contributed by atoms with Crippen LogP contribution in [0.5, 0.6) is 5.75 Å². The van der Waals surface area contributed by atoms with Gasteiger partial charge in [0.1, 0.15) is 5.75 Å². The Balaban J connectivity index is 2.35. The monoisotopic (exact) mass is 309 g/mol. The van der Waals surface area contributed by atoms with Gasteiger partial charge in [-0.05, 0) is 12.1 Å². The number of ether oxygens (including phenoxy) is 1. The van der Waals surface area contributed by atoms with Crippen molar-refractivity contribution in [1.29, 1.82) is 0 Å². The molecule has 0 fully saturated rings. The lowest BCUT2D eigenvalue weighted by atomic mass is 10.3. The van der Waals surface area contributed by atoms with Crippen LogP contribution in [0.25, 0.3) is 0 Å². The summed E-state index contributed by atoms with van der Waals surface area (Å²) < 4.78 is 5.03. The van der Waals surface area contributed by atoms with Gasteiger partial charge in [-0.3, -0.25) is 30.6 Å². The van der Waals surface area contributed by atoms with Crippen LogP contribution in [0.3, 0.4) is 0 Å². The average Bonchev–Trinajstić information content (AvgIpc) is 2.49. The van der Waals surface area contributed by atoms with Crippen molar-refractivity contribution in [2.75, 3.05) is 6.61 Å². The Kier molecular flexibility index (Phi) is 6.04. The van der Waals surface area contributed by atoms with E-state index in [1.165, 1.54) is 24.3 Å². The molecule has 0 saturated heterocycles. The van der Waals surface area contributed by atoms with Crippen molar-refractivity contribution in [2.24, 2.45) is 0 Å². The Hall–Kier alpha value is -3.43. The molecule has 2 amide bonds. The van der Waals surface area contributed by atoms with Gasteiger partial charge in [0.15, 0.2) is 6.61 Å². The van der Waals surface area contributed by atoms with Crippen molar-refractivity contribution < 1.29 is 29.2 Å². The second-order valence-corrected chi connectivity index (χ2v) is 3.75. The van der Waals surface area contributed by atoms with Crippen molar-refractivity contribution in [3.63, 3.8) is 0 Å². The van der Waals surface area contributed by atoms with Crippen molar-refractivity contribution in [2.45, 2.75) is 0 Å². The third-order valence-electron chi connectivity index (χ3n) is 2.12. The number of hydrazine groups is 1. The Morgan fingerprint density at radius 1 is 1.18 bits per heavy atom. The number of non-ortho nitro benzene ring substituents is 1. The maximum Gasteiger partial charge on any atom is 0.328 e. The molecule has 1 aromatic rings. The lowest BCUT2D eigenvalue weighted by Gasteiger charge is -2.07. The highest BCUT2D eigenvalue weighted by atomic mass is 16.6. The summed E-state index contributed by atoms with van der Waals surface area (Å²) in [7, 11) is 0. The highest BCUT2D eigenvalue weighted by Gasteiger charge is 2.07. The molecule has 1 aromatic carbocycles. The molecule has 22 heavy (non-hydrogen) atoms. The normalized spacial score (nSPS) is 10.0. The van der Waals surface area contributed by atoms with E-state index < -0.39 is 29.3 Å². The lowest BCUT2D eigenvalue weighted by molar-refractivity contribution is -0.384. The largest absolute Gasteiger partial charge is 0.484 e. The van der Waals surface area contributed by atoms with Crippen LogP contribution in [0.1, 0.15) is 0 Å². The fourth-order valence-electron chi connectivity index (χ4n) is 1.17. The number of amides is 2. The molecule has 0 aliphatic rings. The van der Waals surface area contributed by atoms with Crippen LogP contribution in [0.15, 0.2) is 36.4 Å². The molecule has 0 unspecified atom stereocenters. The predicted octanol–water partition coefficient (Wildman–Crippen LogP) is -0.238. The predicted molar refractivity (Wildman–Crippen MR) is 71.7 cm³/mol. The van der Waals surface area contributed by atoms with Crippen LogP contribution in [0, 0.1) is 10.1 Å². The first kappa shape index (κ1) is 16.6. The maximum absolute atomic E-state index is 11.3. The maximum atomic E-state index is 11.3. The highest BCUT2D eigenvalue weighted by molar-refractivity contribution is 5.94. The molecule has 0 aromatic heterocycles. The van der Waals surface area contributed by atoms with Gasteiger partial charge in [0, 0.05) is 24.3 Å². The molecule has 3 N–H and O–H groups in total. The molecule has 1 rings (SSSR count). The minimum Gasteiger partial charge on any atom is -0.484 e. The molecule has 0 spiro atoms. The number of aliphatic carboxylic acids is 1. The molecule has 0 heterocycles. The standard InChI is InChI=1S/C12H11N3O7/c16-10(5-6-12(18)19)13-14-11(17)7-22-9-3-1-8(2-4-9)15(20)21/h1-6H,7H2,(H,13,16)(H,14,17)(H,18,19). The van der Waals surface area contributed by atoms with E-state index in [4.69, 9.17) is 9.84 Å². The lowest BCUT2D eigenvalue weighted by Crippen LogP contribution is -2.43. The fraction of sp³-hybridized carbons (Fsp3) is 0.0833. The first-order valence-corrected chi connectivity index (χ1v) is 5.75. The number of benzene rings is 1. The number of nitrogens with one attached hydrogen (secondary N) is 2. The molecule has 116 valence electrons. The van der Waals surface area contributed by atoms with E-state index in [1.54, 1.807) is 0 Å². The second-order valence-electron chi connectivity index (χ2n) is 3.75. The van der Waals surface area contributed by atoms with Crippen LogP contribution in [-0.2, 0) is 14.4 Å². The van der Waals surface area contributed by atoms with Gasteiger partial charge in [-0.15, -0.1) is 0 Å². The van der Waals surface area contributed by atoms with Crippen LogP contribution >= 0.6 is 0 Å². The number of nitro groups is 1. The minimum atomic E-state index is -1.30. The third kappa shape index (κ3) is 6.14. The van der Waals surface area contributed by atoms with E-state index >= 15 is 0 Å². The summed E-state index contributed by atoms with van der Waals surface area (Å²) in [4.78, 5) is 42.4. The van der Waals surface area contributed by atoms with Gasteiger partial charge in [0.05, 0.1) is 4.92 Å². The number of nitrogens with zero attached hydrogens (tertiary/aromatic N) is 1. The molecule has 0 bridgehead atoms. The van der Waals surface area contributed by atoms with Gasteiger partial charge in [-0.25, -0.2) is 4.79 Å². The zero-order chi connectivity index (χ0) is 16.5. The van der Waals surface area contributed by atoms with E-state index in [-0.39, 0.29) is 11.4 Å². The molecule has 0 aliphatic carbocycles. The molecular formula is C12H11N3O7. The summed E-state index contributed by atoms with van der Waals surface area (Å²) >= 11 is 0. The van der Waals surface area contributed by atoms with Crippen molar-refractivity contribution in [3.05, 3.63) is 46.5 Å². The second kappa shape index (κ2) is 7.99. The number of nitro benzene ring substituents is 1. The first-order chi connectivity index (χ1) is 10.4. The molecular weight excluding hydrogens is 298 g/mol. The quantitative estimate of drug-likeness (QED) is 0.373. The van der Waals surface area contributed by atoms with Crippen molar-refractivity contribution >= 4 is 23.5 Å². The Bertz CT molecular complexity index is 610. The smallest absolute Gasteiger partial charge is 0.328 e. The number of hydrogen-bond donors (Lipinski definition) is 3. The Morgan fingerprint density at radius 2 is 1.82 bits per heavy atom. The molecule has 0 aliphatic heterocycles. The summed E-state index contributed by atoms with van der Waals surface area (Å²) in [5.74, 6) is -2.60. The third-order valence-corrected chi connectivity index (χ3v) is 2.12. The van der Waals surface area contributed by atoms with E-state index in [1.807, 2.05) is 10.9 Å². The number of carboxylic acid groups (broad SMARTS) is 1. The summed E-state index contributed by atoms with van der Waals surface area (Å²) in [6.07, 6.45) is 1.33. The zero-order valence-electron chi connectivity index (χ0n) is 11.0. The average molecular weight is 309 g/mol. The van der Waals surface area contributed by atoms with Gasteiger partial charge >= 0.3 is 5.97 Å². The number of carboxylic acids is 1. The fourth-order valence-corrected chi connectivity index (χ4v) is 1.17. The molecule has 10 heteroatoms. The number of carbonyl (C=O) groups is 3. The topological polar surface area (TPSA) is 148 Å². The highest BCUT2D eigenvalue weighted by Crippen LogP contribution is 2.16. The summed E-state index contributed by atoms with van der Waals surface area (Å²) in [6.45, 7) is -0.444. The Morgan fingerprint density at radius 3 is 2.36 bits per heavy atom.